The highest BCUT2D eigenvalue weighted by Crippen LogP contribution is 2.10. The first-order valence-electron chi connectivity index (χ1n) is 5.77. The summed E-state index contributed by atoms with van der Waals surface area (Å²) >= 11 is 0. The van der Waals surface area contributed by atoms with Gasteiger partial charge in [-0.3, -0.25) is 0 Å². The van der Waals surface area contributed by atoms with Gasteiger partial charge in [0.15, 0.2) is 0 Å². The molecule has 1 fully saturated rings. The van der Waals surface area contributed by atoms with Gasteiger partial charge in [0, 0.05) is 18.1 Å². The predicted octanol–water partition coefficient (Wildman–Crippen LogP) is 1.91. The van der Waals surface area contributed by atoms with E-state index in [1.165, 1.54) is 32.2 Å². The zero-order valence-electron chi connectivity index (χ0n) is 9.27. The van der Waals surface area contributed by atoms with Crippen molar-refractivity contribution in [3.05, 3.63) is 0 Å². The van der Waals surface area contributed by atoms with Gasteiger partial charge in [-0.15, -0.1) is 0 Å². The summed E-state index contributed by atoms with van der Waals surface area (Å²) in [4.78, 5) is 0. The zero-order chi connectivity index (χ0) is 9.68. The molecule has 1 aliphatic rings. The van der Waals surface area contributed by atoms with E-state index < -0.39 is 0 Å². The molecule has 1 aliphatic heterocycles. The highest BCUT2D eigenvalue weighted by Gasteiger charge is 2.21. The molecule has 2 unspecified atom stereocenters. The fraction of sp³-hybridized carbons (Fsp3) is 1.00. The quantitative estimate of drug-likeness (QED) is 0.697. The van der Waals surface area contributed by atoms with Gasteiger partial charge in [0.05, 0.1) is 0 Å². The average Bonchev–Trinajstić information content (AvgIpc) is 2.17. The molecule has 0 aromatic carbocycles. The van der Waals surface area contributed by atoms with Gasteiger partial charge >= 0.3 is 0 Å². The van der Waals surface area contributed by atoms with Crippen LogP contribution in [0.4, 0.5) is 0 Å². The molecule has 0 radical (unpaired) electrons. The Morgan fingerprint density at radius 1 is 1.38 bits per heavy atom. The monoisotopic (exact) mass is 184 g/mol. The zero-order valence-corrected chi connectivity index (χ0v) is 9.27. The molecule has 2 nitrogen and oxygen atoms in total. The molecule has 2 heteroatoms. The van der Waals surface area contributed by atoms with E-state index in [9.17, 15) is 0 Å². The van der Waals surface area contributed by atoms with Crippen LogP contribution in [0.25, 0.3) is 0 Å². The number of hydrogen-bond donors (Lipinski definition) is 2. The van der Waals surface area contributed by atoms with Crippen LogP contribution in [0.1, 0.15) is 46.5 Å². The fourth-order valence-electron chi connectivity index (χ4n) is 2.10. The third kappa shape index (κ3) is 3.28. The van der Waals surface area contributed by atoms with Gasteiger partial charge in [-0.1, -0.05) is 13.8 Å². The van der Waals surface area contributed by atoms with Crippen molar-refractivity contribution >= 4 is 0 Å². The number of hydrogen-bond acceptors (Lipinski definition) is 2. The van der Waals surface area contributed by atoms with Crippen molar-refractivity contribution in [2.45, 2.75) is 64.6 Å². The average molecular weight is 184 g/mol. The Morgan fingerprint density at radius 3 is 2.62 bits per heavy atom. The minimum Gasteiger partial charge on any atom is -0.313 e. The van der Waals surface area contributed by atoms with Crippen LogP contribution in [0.2, 0.25) is 0 Å². The lowest BCUT2D eigenvalue weighted by molar-refractivity contribution is 0.284. The molecular weight excluding hydrogens is 160 g/mol. The van der Waals surface area contributed by atoms with Gasteiger partial charge in [-0.2, -0.15) is 0 Å². The molecule has 0 aromatic heterocycles. The van der Waals surface area contributed by atoms with Crippen LogP contribution < -0.4 is 10.6 Å². The topological polar surface area (TPSA) is 24.1 Å². The summed E-state index contributed by atoms with van der Waals surface area (Å²) in [7, 11) is 0. The Labute approximate surface area is 82.5 Å². The Hall–Kier alpha value is -0.0800. The first-order chi connectivity index (χ1) is 6.27. The van der Waals surface area contributed by atoms with E-state index in [1.54, 1.807) is 0 Å². The van der Waals surface area contributed by atoms with Crippen molar-refractivity contribution in [2.24, 2.45) is 0 Å². The summed E-state index contributed by atoms with van der Waals surface area (Å²) < 4.78 is 0. The summed E-state index contributed by atoms with van der Waals surface area (Å²) in [5, 5.41) is 7.27. The molecule has 0 spiro atoms. The highest BCUT2D eigenvalue weighted by molar-refractivity contribution is 4.85. The van der Waals surface area contributed by atoms with E-state index in [2.05, 4.69) is 31.4 Å². The SMILES string of the molecule is CCC(CC)NC1CCCNC1C. The lowest BCUT2D eigenvalue weighted by atomic mass is 9.98. The summed E-state index contributed by atoms with van der Waals surface area (Å²) in [6.07, 6.45) is 5.16. The van der Waals surface area contributed by atoms with Crippen molar-refractivity contribution < 1.29 is 0 Å². The Balaban J connectivity index is 2.32. The van der Waals surface area contributed by atoms with Gasteiger partial charge in [0.2, 0.25) is 0 Å². The van der Waals surface area contributed by atoms with Gasteiger partial charge in [-0.05, 0) is 39.2 Å². The standard InChI is InChI=1S/C11H24N2/c1-4-10(5-2)13-11-7-6-8-12-9(11)3/h9-13H,4-8H2,1-3H3. The number of piperidine rings is 1. The summed E-state index contributed by atoms with van der Waals surface area (Å²) in [6.45, 7) is 8.02. The molecule has 1 rings (SSSR count). The van der Waals surface area contributed by atoms with Crippen LogP contribution in [-0.4, -0.2) is 24.7 Å². The summed E-state index contributed by atoms with van der Waals surface area (Å²) in [6, 6.07) is 2.06. The molecule has 2 atom stereocenters. The molecule has 78 valence electrons. The first kappa shape index (κ1) is 11.0. The van der Waals surface area contributed by atoms with E-state index >= 15 is 0 Å². The third-order valence-electron chi connectivity index (χ3n) is 3.20. The van der Waals surface area contributed by atoms with E-state index in [-0.39, 0.29) is 0 Å². The van der Waals surface area contributed by atoms with Crippen molar-refractivity contribution in [1.29, 1.82) is 0 Å². The molecule has 0 aliphatic carbocycles. The molecule has 0 bridgehead atoms. The summed E-state index contributed by atoms with van der Waals surface area (Å²) in [5.41, 5.74) is 0. The molecule has 2 N–H and O–H groups in total. The first-order valence-corrected chi connectivity index (χ1v) is 5.77. The minimum atomic E-state index is 0.648. The molecule has 0 aromatic rings. The molecular formula is C11H24N2. The second kappa shape index (κ2) is 5.61. The third-order valence-corrected chi connectivity index (χ3v) is 3.20. The van der Waals surface area contributed by atoms with Crippen molar-refractivity contribution in [3.63, 3.8) is 0 Å². The van der Waals surface area contributed by atoms with Crippen LogP contribution in [0.5, 0.6) is 0 Å². The van der Waals surface area contributed by atoms with Crippen LogP contribution in [0, 0.1) is 0 Å². The Morgan fingerprint density at radius 2 is 2.08 bits per heavy atom. The van der Waals surface area contributed by atoms with Crippen LogP contribution in [0.15, 0.2) is 0 Å². The summed E-state index contributed by atoms with van der Waals surface area (Å²) in [5.74, 6) is 0. The normalized spacial score (nSPS) is 29.5. The van der Waals surface area contributed by atoms with Gasteiger partial charge < -0.3 is 10.6 Å². The van der Waals surface area contributed by atoms with E-state index in [0.29, 0.717) is 18.1 Å². The van der Waals surface area contributed by atoms with Crippen molar-refractivity contribution in [2.75, 3.05) is 6.54 Å². The van der Waals surface area contributed by atoms with Gasteiger partial charge in [0.25, 0.3) is 0 Å². The molecule has 13 heavy (non-hydrogen) atoms. The number of rotatable bonds is 4. The second-order valence-corrected chi connectivity index (χ2v) is 4.17. The maximum absolute atomic E-state index is 3.74. The van der Waals surface area contributed by atoms with Crippen LogP contribution in [-0.2, 0) is 0 Å². The largest absolute Gasteiger partial charge is 0.313 e. The maximum atomic E-state index is 3.74. The van der Waals surface area contributed by atoms with Crippen molar-refractivity contribution in [3.8, 4) is 0 Å². The van der Waals surface area contributed by atoms with Crippen molar-refractivity contribution in [1.82, 2.24) is 10.6 Å². The van der Waals surface area contributed by atoms with Crippen LogP contribution >= 0.6 is 0 Å². The predicted molar refractivity (Wildman–Crippen MR) is 58.0 cm³/mol. The lowest BCUT2D eigenvalue weighted by Crippen LogP contribution is -2.52. The smallest absolute Gasteiger partial charge is 0.0221 e. The van der Waals surface area contributed by atoms with E-state index in [1.807, 2.05) is 0 Å². The second-order valence-electron chi connectivity index (χ2n) is 4.17. The molecule has 0 amide bonds. The van der Waals surface area contributed by atoms with E-state index in [4.69, 9.17) is 0 Å². The van der Waals surface area contributed by atoms with Gasteiger partial charge in [-0.25, -0.2) is 0 Å². The van der Waals surface area contributed by atoms with Gasteiger partial charge in [0.1, 0.15) is 0 Å². The Kier molecular flexibility index (Phi) is 4.74. The molecule has 0 saturated carbocycles. The fourth-order valence-corrected chi connectivity index (χ4v) is 2.10. The minimum absolute atomic E-state index is 0.648. The van der Waals surface area contributed by atoms with E-state index in [0.717, 1.165) is 0 Å². The Bertz CT molecular complexity index is 132. The lowest BCUT2D eigenvalue weighted by Gasteiger charge is -2.33. The molecule has 1 saturated heterocycles. The van der Waals surface area contributed by atoms with Crippen LogP contribution in [0.3, 0.4) is 0 Å². The maximum Gasteiger partial charge on any atom is 0.0221 e. The highest BCUT2D eigenvalue weighted by atomic mass is 15.0. The number of nitrogens with one attached hydrogen (secondary N) is 2. The molecule has 1 heterocycles.